The molecular formula is C44H49N5O5. The molecule has 4 aromatic carbocycles. The van der Waals surface area contributed by atoms with Crippen LogP contribution in [0.4, 0.5) is 5.69 Å². The van der Waals surface area contributed by atoms with Crippen LogP contribution in [-0.2, 0) is 43.2 Å². The van der Waals surface area contributed by atoms with Gasteiger partial charge in [-0.05, 0) is 61.0 Å². The fourth-order valence-corrected chi connectivity index (χ4v) is 7.52. The summed E-state index contributed by atoms with van der Waals surface area (Å²) in [4.78, 5) is 16.0. The number of carbonyl (C=O) groups is 1. The number of hydrogen-bond acceptors (Lipinski definition) is 8. The van der Waals surface area contributed by atoms with Crippen LogP contribution in [0.1, 0.15) is 40.8 Å². The summed E-state index contributed by atoms with van der Waals surface area (Å²) in [5.41, 5.74) is 7.13. The predicted octanol–water partition coefficient (Wildman–Crippen LogP) is 7.61. The van der Waals surface area contributed by atoms with E-state index in [-0.39, 0.29) is 19.2 Å². The SMILES string of the molecule is C=CCOCc1c(-c2cccc3c(CCCOc4cccc5ccccc45)c(C(=O)OCC)n(C)c23)c(COc2ccc(N3CCNCC3)cc2)nn1C. The first-order valence-electron chi connectivity index (χ1n) is 18.8. The molecule has 1 aliphatic heterocycles. The summed E-state index contributed by atoms with van der Waals surface area (Å²) in [6.07, 6.45) is 3.07. The molecule has 54 heavy (non-hydrogen) atoms. The first-order valence-corrected chi connectivity index (χ1v) is 18.8. The second-order valence-corrected chi connectivity index (χ2v) is 13.5. The van der Waals surface area contributed by atoms with E-state index in [0.29, 0.717) is 38.4 Å². The van der Waals surface area contributed by atoms with E-state index in [0.717, 1.165) is 87.4 Å². The van der Waals surface area contributed by atoms with Crippen LogP contribution in [0.3, 0.4) is 0 Å². The number of anilines is 1. The highest BCUT2D eigenvalue weighted by Gasteiger charge is 2.27. The summed E-state index contributed by atoms with van der Waals surface area (Å²) >= 11 is 0. The molecule has 1 fully saturated rings. The smallest absolute Gasteiger partial charge is 0.355 e. The Morgan fingerprint density at radius 3 is 2.46 bits per heavy atom. The average Bonchev–Trinajstić information content (AvgIpc) is 3.68. The third-order valence-electron chi connectivity index (χ3n) is 10.0. The number of fused-ring (bicyclic) bond motifs is 2. The summed E-state index contributed by atoms with van der Waals surface area (Å²) in [7, 11) is 3.87. The standard InChI is InChI=1S/C44H49N5O5/c1-5-27-51-30-39-41(38(46-48(39)4)29-54-33-21-19-32(20-22-33)49-25-23-45-24-26-49)37-16-10-15-35-36(43(44(50)52-6-2)47(3)42(35)37)17-11-28-53-40-18-9-13-31-12-7-8-14-34(31)40/h5,7-10,12-16,18-22,45H,1,6,11,17,23-30H2,2-4H3. The van der Waals surface area contributed by atoms with E-state index in [9.17, 15) is 4.79 Å². The van der Waals surface area contributed by atoms with Gasteiger partial charge in [0.15, 0.2) is 0 Å². The maximum Gasteiger partial charge on any atom is 0.355 e. The van der Waals surface area contributed by atoms with Crippen molar-refractivity contribution < 1.29 is 23.7 Å². The van der Waals surface area contributed by atoms with Gasteiger partial charge in [0.1, 0.15) is 29.5 Å². The Labute approximate surface area is 316 Å². The summed E-state index contributed by atoms with van der Waals surface area (Å²) in [6, 6.07) is 28.8. The fraction of sp³-hybridized carbons (Fsp3) is 0.318. The van der Waals surface area contributed by atoms with Crippen molar-refractivity contribution in [3.63, 3.8) is 0 Å². The minimum atomic E-state index is -0.347. The molecule has 0 amide bonds. The van der Waals surface area contributed by atoms with Crippen LogP contribution >= 0.6 is 0 Å². The van der Waals surface area contributed by atoms with Crippen molar-refractivity contribution in [3.8, 4) is 22.6 Å². The summed E-state index contributed by atoms with van der Waals surface area (Å²) in [6.45, 7) is 11.4. The normalized spacial score (nSPS) is 13.1. The third-order valence-corrected chi connectivity index (χ3v) is 10.0. The molecule has 10 heteroatoms. The number of hydrogen-bond donors (Lipinski definition) is 1. The molecule has 280 valence electrons. The highest BCUT2D eigenvalue weighted by atomic mass is 16.5. The Balaban J connectivity index is 1.21. The molecule has 0 unspecified atom stereocenters. The molecule has 3 heterocycles. The Hall–Kier alpha value is -5.58. The second-order valence-electron chi connectivity index (χ2n) is 13.5. The first kappa shape index (κ1) is 36.8. The van der Waals surface area contributed by atoms with Crippen molar-refractivity contribution in [2.75, 3.05) is 50.9 Å². The molecular weight excluding hydrogens is 679 g/mol. The minimum Gasteiger partial charge on any atom is -0.493 e. The first-order chi connectivity index (χ1) is 26.5. The number of carbonyl (C=O) groups excluding carboxylic acids is 1. The van der Waals surface area contributed by atoms with E-state index in [4.69, 9.17) is 24.0 Å². The Bertz CT molecular complexity index is 2230. The van der Waals surface area contributed by atoms with Gasteiger partial charge in [0.05, 0.1) is 37.6 Å². The molecule has 0 saturated carbocycles. The van der Waals surface area contributed by atoms with Gasteiger partial charge in [0.2, 0.25) is 0 Å². The number of para-hydroxylation sites is 1. The monoisotopic (exact) mass is 727 g/mol. The van der Waals surface area contributed by atoms with Crippen LogP contribution in [0.15, 0.2) is 97.6 Å². The Kier molecular flexibility index (Phi) is 11.6. The van der Waals surface area contributed by atoms with Crippen molar-refractivity contribution in [1.82, 2.24) is 19.7 Å². The number of aryl methyl sites for hydroxylation is 3. The molecule has 10 nitrogen and oxygen atoms in total. The maximum absolute atomic E-state index is 13.7. The van der Waals surface area contributed by atoms with Crippen molar-refractivity contribution in [3.05, 3.63) is 120 Å². The van der Waals surface area contributed by atoms with E-state index in [1.54, 1.807) is 6.08 Å². The molecule has 0 spiro atoms. The number of piperazine rings is 1. The molecule has 6 aromatic rings. The predicted molar refractivity (Wildman–Crippen MR) is 215 cm³/mol. The topological polar surface area (TPSA) is 92.0 Å². The number of aromatic nitrogens is 3. The van der Waals surface area contributed by atoms with Crippen molar-refractivity contribution >= 4 is 33.3 Å². The zero-order valence-corrected chi connectivity index (χ0v) is 31.5. The Morgan fingerprint density at radius 1 is 0.907 bits per heavy atom. The number of rotatable bonds is 16. The van der Waals surface area contributed by atoms with Crippen LogP contribution in [-0.4, -0.2) is 66.3 Å². The van der Waals surface area contributed by atoms with E-state index in [2.05, 4.69) is 59.3 Å². The van der Waals surface area contributed by atoms with E-state index in [1.165, 1.54) is 5.69 Å². The van der Waals surface area contributed by atoms with Gasteiger partial charge in [0.25, 0.3) is 0 Å². The molecule has 2 aromatic heterocycles. The number of nitrogens with one attached hydrogen (secondary N) is 1. The maximum atomic E-state index is 13.7. The van der Waals surface area contributed by atoms with Crippen molar-refractivity contribution in [2.45, 2.75) is 33.0 Å². The van der Waals surface area contributed by atoms with Crippen LogP contribution in [0.5, 0.6) is 11.5 Å². The lowest BCUT2D eigenvalue weighted by Gasteiger charge is -2.29. The van der Waals surface area contributed by atoms with Gasteiger partial charge < -0.3 is 33.7 Å². The lowest BCUT2D eigenvalue weighted by molar-refractivity contribution is 0.0514. The molecule has 0 aliphatic carbocycles. The summed E-state index contributed by atoms with van der Waals surface area (Å²) in [5, 5.41) is 11.6. The van der Waals surface area contributed by atoms with E-state index < -0.39 is 0 Å². The van der Waals surface area contributed by atoms with E-state index in [1.807, 2.05) is 72.7 Å². The highest BCUT2D eigenvalue weighted by molar-refractivity contribution is 6.04. The van der Waals surface area contributed by atoms with Crippen LogP contribution in [0, 0.1) is 0 Å². The van der Waals surface area contributed by atoms with E-state index >= 15 is 0 Å². The number of nitrogens with zero attached hydrogens (tertiary/aromatic N) is 4. The minimum absolute atomic E-state index is 0.252. The van der Waals surface area contributed by atoms with Gasteiger partial charge in [-0.2, -0.15) is 5.10 Å². The van der Waals surface area contributed by atoms with Crippen LogP contribution in [0.2, 0.25) is 0 Å². The van der Waals surface area contributed by atoms with Gasteiger partial charge in [-0.25, -0.2) is 4.79 Å². The summed E-state index contributed by atoms with van der Waals surface area (Å²) < 4.78 is 28.2. The highest BCUT2D eigenvalue weighted by Crippen LogP contribution is 2.39. The van der Waals surface area contributed by atoms with Gasteiger partial charge in [-0.3, -0.25) is 4.68 Å². The molecule has 1 N–H and O–H groups in total. The fourth-order valence-electron chi connectivity index (χ4n) is 7.52. The molecule has 1 aliphatic rings. The average molecular weight is 728 g/mol. The lowest BCUT2D eigenvalue weighted by atomic mass is 9.98. The zero-order valence-electron chi connectivity index (χ0n) is 31.5. The Morgan fingerprint density at radius 2 is 1.67 bits per heavy atom. The second kappa shape index (κ2) is 17.0. The molecule has 0 bridgehead atoms. The van der Waals surface area contributed by atoms with Crippen LogP contribution in [0.25, 0.3) is 32.8 Å². The van der Waals surface area contributed by atoms with Gasteiger partial charge in [0, 0.05) is 67.9 Å². The zero-order chi connectivity index (χ0) is 37.4. The van der Waals surface area contributed by atoms with Crippen LogP contribution < -0.4 is 19.7 Å². The quantitative estimate of drug-likeness (QED) is 0.0619. The molecule has 0 atom stereocenters. The van der Waals surface area contributed by atoms with Crippen molar-refractivity contribution in [1.29, 1.82) is 0 Å². The molecule has 7 rings (SSSR count). The molecule has 1 saturated heterocycles. The molecule has 0 radical (unpaired) electrons. The van der Waals surface area contributed by atoms with Gasteiger partial charge in [-0.15, -0.1) is 6.58 Å². The summed E-state index contributed by atoms with van der Waals surface area (Å²) in [5.74, 6) is 1.28. The lowest BCUT2D eigenvalue weighted by Crippen LogP contribution is -2.43. The number of benzene rings is 4. The number of ether oxygens (including phenoxy) is 4. The van der Waals surface area contributed by atoms with Gasteiger partial charge >= 0.3 is 5.97 Å². The van der Waals surface area contributed by atoms with Crippen molar-refractivity contribution in [2.24, 2.45) is 14.1 Å². The number of esters is 1. The van der Waals surface area contributed by atoms with Gasteiger partial charge in [-0.1, -0.05) is 60.7 Å². The third kappa shape index (κ3) is 7.71. The largest absolute Gasteiger partial charge is 0.493 e.